The summed E-state index contributed by atoms with van der Waals surface area (Å²) in [6.07, 6.45) is 2.51. The summed E-state index contributed by atoms with van der Waals surface area (Å²) in [7, 11) is 2.04. The van der Waals surface area contributed by atoms with Crippen molar-refractivity contribution in [2.24, 2.45) is 0 Å². The van der Waals surface area contributed by atoms with E-state index in [0.29, 0.717) is 63.4 Å². The molecule has 1 amide bonds. The van der Waals surface area contributed by atoms with Gasteiger partial charge in [-0.1, -0.05) is 0 Å². The first-order valence-electron chi connectivity index (χ1n) is 11.6. The van der Waals surface area contributed by atoms with Gasteiger partial charge < -0.3 is 14.4 Å². The smallest absolute Gasteiger partial charge is 0.285 e. The summed E-state index contributed by atoms with van der Waals surface area (Å²) in [6.45, 7) is 4.01. The summed E-state index contributed by atoms with van der Waals surface area (Å²) in [6, 6.07) is 6.87. The van der Waals surface area contributed by atoms with Crippen molar-refractivity contribution < 1.29 is 18.0 Å². The molecule has 3 aliphatic rings. The topological polar surface area (TPSA) is 44.6 Å². The molecule has 3 aliphatic heterocycles. The van der Waals surface area contributed by atoms with Crippen LogP contribution in [0, 0.1) is 0 Å². The predicted octanol–water partition coefficient (Wildman–Crippen LogP) is 3.62. The Bertz CT molecular complexity index is 1040. The minimum atomic E-state index is -2.89. The molecule has 0 radical (unpaired) electrons. The third-order valence-corrected chi connectivity index (χ3v) is 7.62. The lowest BCUT2D eigenvalue weighted by molar-refractivity contribution is -0.00701. The molecule has 5 rings (SSSR count). The molecule has 33 heavy (non-hydrogen) atoms. The molecule has 0 bridgehead atoms. The van der Waals surface area contributed by atoms with Crippen LogP contribution in [0.4, 0.5) is 19.0 Å². The van der Waals surface area contributed by atoms with Gasteiger partial charge in [-0.2, -0.15) is 0 Å². The highest BCUT2D eigenvalue weighted by molar-refractivity contribution is 5.99. The Morgan fingerprint density at radius 1 is 1.12 bits per heavy atom. The molecule has 178 valence electrons. The van der Waals surface area contributed by atoms with Crippen molar-refractivity contribution >= 4 is 11.7 Å². The van der Waals surface area contributed by atoms with Crippen molar-refractivity contribution in [3.63, 3.8) is 0 Å². The SMILES string of the molecule is CN1CCn2c(C(C)(F)F)ccc2C12CCN(C(=O)c1cccnc1N1CCC(F)C1)CC2. The molecule has 2 aromatic rings. The molecular formula is C24H30F3N5O. The van der Waals surface area contributed by atoms with Crippen molar-refractivity contribution in [2.45, 2.75) is 50.4 Å². The Labute approximate surface area is 192 Å². The maximum Gasteiger partial charge on any atom is 0.285 e. The number of rotatable bonds is 3. The van der Waals surface area contributed by atoms with E-state index in [-0.39, 0.29) is 23.7 Å². The number of carbonyl (C=O) groups excluding carboxylic acids is 1. The molecule has 0 saturated carbocycles. The Kier molecular flexibility index (Phi) is 5.42. The number of halogens is 3. The number of aromatic nitrogens is 2. The first kappa shape index (κ1) is 22.3. The number of likely N-dealkylation sites (tertiary alicyclic amines) is 1. The van der Waals surface area contributed by atoms with Crippen molar-refractivity contribution in [2.75, 3.05) is 44.7 Å². The van der Waals surface area contributed by atoms with Crippen LogP contribution in [0.15, 0.2) is 30.5 Å². The molecule has 0 aromatic carbocycles. The minimum absolute atomic E-state index is 0.0558. The lowest BCUT2D eigenvalue weighted by Gasteiger charge is -2.50. The molecule has 5 heterocycles. The van der Waals surface area contributed by atoms with E-state index in [2.05, 4.69) is 9.88 Å². The second kappa shape index (κ2) is 8.04. The fraction of sp³-hybridized carbons (Fsp3) is 0.583. The van der Waals surface area contributed by atoms with Gasteiger partial charge in [-0.05, 0) is 50.6 Å². The van der Waals surface area contributed by atoms with Crippen molar-refractivity contribution in [1.82, 2.24) is 19.4 Å². The molecule has 0 aliphatic carbocycles. The largest absolute Gasteiger partial charge is 0.353 e. The van der Waals surface area contributed by atoms with Gasteiger partial charge in [0.25, 0.3) is 11.8 Å². The van der Waals surface area contributed by atoms with Crippen LogP contribution in [0.2, 0.25) is 0 Å². The van der Waals surface area contributed by atoms with E-state index in [9.17, 15) is 18.0 Å². The molecule has 2 aromatic heterocycles. The number of fused-ring (bicyclic) bond motifs is 2. The van der Waals surface area contributed by atoms with Crippen LogP contribution >= 0.6 is 0 Å². The fourth-order valence-corrected chi connectivity index (χ4v) is 5.77. The summed E-state index contributed by atoms with van der Waals surface area (Å²) in [4.78, 5) is 23.7. The van der Waals surface area contributed by atoms with Crippen LogP contribution in [-0.4, -0.2) is 71.2 Å². The number of likely N-dealkylation sites (N-methyl/N-ethyl adjacent to an activating group) is 1. The van der Waals surface area contributed by atoms with E-state index in [4.69, 9.17) is 0 Å². The number of carbonyl (C=O) groups is 1. The molecule has 9 heteroatoms. The molecule has 2 fully saturated rings. The molecule has 1 spiro atoms. The number of hydrogen-bond acceptors (Lipinski definition) is 4. The van der Waals surface area contributed by atoms with Crippen LogP contribution in [0.25, 0.3) is 0 Å². The second-order valence-electron chi connectivity index (χ2n) is 9.60. The average molecular weight is 462 g/mol. The lowest BCUT2D eigenvalue weighted by Crippen LogP contribution is -2.56. The van der Waals surface area contributed by atoms with Gasteiger partial charge in [0.15, 0.2) is 0 Å². The predicted molar refractivity (Wildman–Crippen MR) is 119 cm³/mol. The summed E-state index contributed by atoms with van der Waals surface area (Å²) in [5.74, 6) is -2.46. The van der Waals surface area contributed by atoms with Gasteiger partial charge >= 0.3 is 0 Å². The summed E-state index contributed by atoms with van der Waals surface area (Å²) >= 11 is 0. The Balaban J connectivity index is 1.37. The number of hydrogen-bond donors (Lipinski definition) is 0. The normalized spacial score (nSPS) is 23.2. The number of alkyl halides is 3. The first-order valence-corrected chi connectivity index (χ1v) is 11.6. The van der Waals surface area contributed by atoms with Crippen molar-refractivity contribution in [1.29, 1.82) is 0 Å². The van der Waals surface area contributed by atoms with Gasteiger partial charge in [0.1, 0.15) is 12.0 Å². The summed E-state index contributed by atoms with van der Waals surface area (Å²) in [5, 5.41) is 0. The highest BCUT2D eigenvalue weighted by atomic mass is 19.3. The van der Waals surface area contributed by atoms with Crippen LogP contribution < -0.4 is 4.90 Å². The van der Waals surface area contributed by atoms with Crippen molar-refractivity contribution in [3.05, 3.63) is 47.4 Å². The van der Waals surface area contributed by atoms with Crippen LogP contribution in [0.3, 0.4) is 0 Å². The zero-order valence-corrected chi connectivity index (χ0v) is 19.1. The number of nitrogens with zero attached hydrogens (tertiary/aromatic N) is 5. The van der Waals surface area contributed by atoms with E-state index >= 15 is 0 Å². The minimum Gasteiger partial charge on any atom is -0.353 e. The molecular weight excluding hydrogens is 431 g/mol. The third kappa shape index (κ3) is 3.70. The Hall–Kier alpha value is -2.55. The van der Waals surface area contributed by atoms with Crippen LogP contribution in [0.1, 0.15) is 47.9 Å². The standard InChI is InChI=1S/C24H30F3N5O/c1-23(26,27)19-5-6-20-24(29(2)14-15-32(19)20)8-12-30(13-9-24)22(33)18-4-3-10-28-21(18)31-11-7-17(25)16-31/h3-6,10,17H,7-9,11-16H2,1-2H3. The zero-order chi connectivity index (χ0) is 23.4. The fourth-order valence-electron chi connectivity index (χ4n) is 5.77. The molecule has 1 unspecified atom stereocenters. The molecule has 6 nitrogen and oxygen atoms in total. The first-order chi connectivity index (χ1) is 15.7. The Morgan fingerprint density at radius 2 is 1.88 bits per heavy atom. The molecule has 0 N–H and O–H groups in total. The maximum atomic E-state index is 14.2. The van der Waals surface area contributed by atoms with Gasteiger partial charge in [-0.3, -0.25) is 9.69 Å². The van der Waals surface area contributed by atoms with Crippen LogP contribution in [-0.2, 0) is 18.0 Å². The van der Waals surface area contributed by atoms with Crippen LogP contribution in [0.5, 0.6) is 0 Å². The highest BCUT2D eigenvalue weighted by Crippen LogP contribution is 2.43. The van der Waals surface area contributed by atoms with Gasteiger partial charge in [-0.15, -0.1) is 0 Å². The van der Waals surface area contributed by atoms with E-state index in [1.165, 1.54) is 0 Å². The lowest BCUT2D eigenvalue weighted by atomic mass is 9.81. The molecule has 1 atom stereocenters. The van der Waals surface area contributed by atoms with E-state index in [1.54, 1.807) is 29.0 Å². The average Bonchev–Trinajstić information content (AvgIpc) is 3.43. The van der Waals surface area contributed by atoms with E-state index in [1.807, 2.05) is 22.9 Å². The third-order valence-electron chi connectivity index (χ3n) is 7.62. The summed E-state index contributed by atoms with van der Waals surface area (Å²) < 4.78 is 43.8. The van der Waals surface area contributed by atoms with E-state index in [0.717, 1.165) is 12.6 Å². The number of pyridine rings is 1. The Morgan fingerprint density at radius 3 is 2.55 bits per heavy atom. The highest BCUT2D eigenvalue weighted by Gasteiger charge is 2.46. The number of piperidine rings is 1. The zero-order valence-electron chi connectivity index (χ0n) is 19.1. The van der Waals surface area contributed by atoms with Crippen molar-refractivity contribution in [3.8, 4) is 0 Å². The van der Waals surface area contributed by atoms with E-state index < -0.39 is 12.1 Å². The maximum absolute atomic E-state index is 14.2. The number of anilines is 1. The van der Waals surface area contributed by atoms with Gasteiger partial charge in [-0.25, -0.2) is 18.2 Å². The second-order valence-corrected chi connectivity index (χ2v) is 9.60. The quantitative estimate of drug-likeness (QED) is 0.701. The van der Waals surface area contributed by atoms with Gasteiger partial charge in [0.2, 0.25) is 0 Å². The van der Waals surface area contributed by atoms with Gasteiger partial charge in [0, 0.05) is 51.5 Å². The number of amides is 1. The summed E-state index contributed by atoms with van der Waals surface area (Å²) in [5.41, 5.74) is 1.09. The molecule has 2 saturated heterocycles. The monoisotopic (exact) mass is 461 g/mol. The van der Waals surface area contributed by atoms with Gasteiger partial charge in [0.05, 0.1) is 23.3 Å².